The molecule has 122 valence electrons. The number of carboxylic acid groups (broad SMARTS) is 1. The number of likely N-dealkylation sites (tertiary alicyclic amines) is 1. The van der Waals surface area contributed by atoms with Gasteiger partial charge in [0.1, 0.15) is 5.54 Å². The Bertz CT molecular complexity index is 323. The van der Waals surface area contributed by atoms with Crippen LogP contribution in [0.3, 0.4) is 0 Å². The Balaban J connectivity index is 1.87. The molecule has 0 radical (unpaired) electrons. The third-order valence-corrected chi connectivity index (χ3v) is 5.35. The minimum absolute atomic E-state index is 0.535. The van der Waals surface area contributed by atoms with E-state index in [1.165, 1.54) is 70.6 Å². The predicted molar refractivity (Wildman–Crippen MR) is 85.3 cm³/mol. The molecule has 2 aliphatic rings. The lowest BCUT2D eigenvalue weighted by Crippen LogP contribution is -2.51. The van der Waals surface area contributed by atoms with E-state index >= 15 is 0 Å². The van der Waals surface area contributed by atoms with Gasteiger partial charge in [0, 0.05) is 19.1 Å². The van der Waals surface area contributed by atoms with Crippen molar-refractivity contribution in [3.05, 3.63) is 0 Å². The Kier molecular flexibility index (Phi) is 6.49. The summed E-state index contributed by atoms with van der Waals surface area (Å²) in [4.78, 5) is 13.7. The molecule has 1 saturated carbocycles. The number of hydrogen-bond donors (Lipinski definition) is 2. The summed E-state index contributed by atoms with van der Waals surface area (Å²) in [5.41, 5.74) is 5.02. The number of carboxylic acids is 1. The van der Waals surface area contributed by atoms with Crippen LogP contribution in [0.2, 0.25) is 0 Å². The van der Waals surface area contributed by atoms with Crippen LogP contribution in [0.15, 0.2) is 0 Å². The van der Waals surface area contributed by atoms with Gasteiger partial charge in [-0.25, -0.2) is 0 Å². The molecule has 4 nitrogen and oxygen atoms in total. The molecule has 0 aromatic rings. The topological polar surface area (TPSA) is 66.6 Å². The van der Waals surface area contributed by atoms with Crippen molar-refractivity contribution in [3.63, 3.8) is 0 Å². The highest BCUT2D eigenvalue weighted by Gasteiger charge is 2.42. The number of rotatable bonds is 2. The molecule has 2 fully saturated rings. The first kappa shape index (κ1) is 16.8. The molecule has 1 aliphatic heterocycles. The fraction of sp³-hybridized carbons (Fsp3) is 0.941. The van der Waals surface area contributed by atoms with Crippen LogP contribution in [0, 0.1) is 0 Å². The zero-order valence-electron chi connectivity index (χ0n) is 13.4. The van der Waals surface area contributed by atoms with E-state index in [1.54, 1.807) is 0 Å². The maximum absolute atomic E-state index is 11.3. The summed E-state index contributed by atoms with van der Waals surface area (Å²) in [5.74, 6) is -0.835. The highest BCUT2D eigenvalue weighted by molar-refractivity contribution is 5.79. The highest BCUT2D eigenvalue weighted by Crippen LogP contribution is 2.27. The fourth-order valence-electron chi connectivity index (χ4n) is 3.86. The molecule has 1 saturated heterocycles. The van der Waals surface area contributed by atoms with Crippen molar-refractivity contribution in [1.29, 1.82) is 0 Å². The molecule has 3 N–H and O–H groups in total. The molecule has 0 spiro atoms. The first-order chi connectivity index (χ1) is 10.1. The van der Waals surface area contributed by atoms with E-state index in [9.17, 15) is 9.90 Å². The molecule has 4 heteroatoms. The van der Waals surface area contributed by atoms with Crippen molar-refractivity contribution >= 4 is 5.97 Å². The van der Waals surface area contributed by atoms with Crippen molar-refractivity contribution in [2.75, 3.05) is 13.1 Å². The molecule has 21 heavy (non-hydrogen) atoms. The molecule has 1 heterocycles. The van der Waals surface area contributed by atoms with Gasteiger partial charge < -0.3 is 10.8 Å². The van der Waals surface area contributed by atoms with E-state index in [-0.39, 0.29) is 0 Å². The lowest BCUT2D eigenvalue weighted by atomic mass is 9.96. The molecule has 0 aromatic carbocycles. The lowest BCUT2D eigenvalue weighted by molar-refractivity contribution is -0.142. The number of carbonyl (C=O) groups is 1. The second-order valence-electron chi connectivity index (χ2n) is 7.09. The maximum Gasteiger partial charge on any atom is 0.325 e. The van der Waals surface area contributed by atoms with Gasteiger partial charge in [0.05, 0.1) is 0 Å². The molecule has 0 aromatic heterocycles. The molecule has 1 aliphatic carbocycles. The summed E-state index contributed by atoms with van der Waals surface area (Å²) in [6.45, 7) is 1.39. The van der Waals surface area contributed by atoms with Crippen molar-refractivity contribution in [3.8, 4) is 0 Å². The third kappa shape index (κ3) is 4.96. The van der Waals surface area contributed by atoms with Crippen molar-refractivity contribution in [1.82, 2.24) is 4.90 Å². The Hall–Kier alpha value is -0.610. The van der Waals surface area contributed by atoms with Gasteiger partial charge in [-0.2, -0.15) is 0 Å². The minimum Gasteiger partial charge on any atom is -0.480 e. The third-order valence-electron chi connectivity index (χ3n) is 5.35. The van der Waals surface area contributed by atoms with E-state index in [2.05, 4.69) is 4.90 Å². The lowest BCUT2D eigenvalue weighted by Gasteiger charge is -2.29. The Labute approximate surface area is 129 Å². The summed E-state index contributed by atoms with van der Waals surface area (Å²) in [6.07, 6.45) is 15.2. The van der Waals surface area contributed by atoms with Gasteiger partial charge in [-0.05, 0) is 19.3 Å². The summed E-state index contributed by atoms with van der Waals surface area (Å²) >= 11 is 0. The predicted octanol–water partition coefficient (Wildman–Crippen LogP) is 3.15. The highest BCUT2D eigenvalue weighted by atomic mass is 16.4. The van der Waals surface area contributed by atoms with Crippen LogP contribution < -0.4 is 5.73 Å². The normalized spacial score (nSPS) is 31.5. The summed E-state index contributed by atoms with van der Waals surface area (Å²) < 4.78 is 0. The Morgan fingerprint density at radius 2 is 1.43 bits per heavy atom. The average Bonchev–Trinajstić information content (AvgIpc) is 2.83. The van der Waals surface area contributed by atoms with E-state index < -0.39 is 11.5 Å². The largest absolute Gasteiger partial charge is 0.480 e. The average molecular weight is 296 g/mol. The van der Waals surface area contributed by atoms with Crippen molar-refractivity contribution < 1.29 is 9.90 Å². The number of hydrogen-bond acceptors (Lipinski definition) is 3. The van der Waals surface area contributed by atoms with E-state index in [1.807, 2.05) is 0 Å². The molecular weight excluding hydrogens is 264 g/mol. The summed E-state index contributed by atoms with van der Waals surface area (Å²) in [6, 6.07) is 0.550. The van der Waals surface area contributed by atoms with Gasteiger partial charge in [0.25, 0.3) is 0 Å². The van der Waals surface area contributed by atoms with E-state index in [0.717, 1.165) is 6.54 Å². The fourth-order valence-corrected chi connectivity index (χ4v) is 3.86. The van der Waals surface area contributed by atoms with Gasteiger partial charge >= 0.3 is 5.97 Å². The first-order valence-electron chi connectivity index (χ1n) is 8.88. The molecular formula is C17H32N2O2. The zero-order chi connectivity index (χ0) is 15.1. The van der Waals surface area contributed by atoms with Gasteiger partial charge in [0.15, 0.2) is 0 Å². The SMILES string of the molecule is NC1(C(=O)O)CCN(C2CCCCCCCCCCC2)C1. The van der Waals surface area contributed by atoms with Crippen LogP contribution >= 0.6 is 0 Å². The summed E-state index contributed by atoms with van der Waals surface area (Å²) in [7, 11) is 0. The van der Waals surface area contributed by atoms with Gasteiger partial charge in [-0.3, -0.25) is 9.69 Å². The minimum atomic E-state index is -1.01. The molecule has 0 amide bonds. The van der Waals surface area contributed by atoms with Crippen molar-refractivity contribution in [2.24, 2.45) is 5.73 Å². The van der Waals surface area contributed by atoms with Crippen LogP contribution in [-0.4, -0.2) is 40.6 Å². The quantitative estimate of drug-likeness (QED) is 0.821. The van der Waals surface area contributed by atoms with Gasteiger partial charge in [-0.1, -0.05) is 57.8 Å². The van der Waals surface area contributed by atoms with Crippen molar-refractivity contribution in [2.45, 2.75) is 88.6 Å². The Morgan fingerprint density at radius 3 is 1.86 bits per heavy atom. The zero-order valence-corrected chi connectivity index (χ0v) is 13.4. The molecule has 1 unspecified atom stereocenters. The maximum atomic E-state index is 11.3. The molecule has 1 atom stereocenters. The summed E-state index contributed by atoms with van der Waals surface area (Å²) in [5, 5.41) is 9.29. The monoisotopic (exact) mass is 296 g/mol. The van der Waals surface area contributed by atoms with Gasteiger partial charge in [0.2, 0.25) is 0 Å². The standard InChI is InChI=1S/C17H32N2O2/c18-17(16(20)21)12-13-19(14-17)15-10-8-6-4-2-1-3-5-7-9-11-15/h15H,1-14,18H2,(H,20,21). The number of nitrogens with zero attached hydrogens (tertiary/aromatic N) is 1. The van der Waals surface area contributed by atoms with Gasteiger partial charge in [-0.15, -0.1) is 0 Å². The number of aliphatic carboxylic acids is 1. The number of nitrogens with two attached hydrogens (primary N) is 1. The molecule has 0 bridgehead atoms. The molecule has 2 rings (SSSR count). The Morgan fingerprint density at radius 1 is 0.952 bits per heavy atom. The van der Waals surface area contributed by atoms with Crippen LogP contribution in [0.5, 0.6) is 0 Å². The second-order valence-corrected chi connectivity index (χ2v) is 7.09. The first-order valence-corrected chi connectivity index (χ1v) is 8.88. The second kappa shape index (κ2) is 8.14. The van der Waals surface area contributed by atoms with Crippen LogP contribution in [0.1, 0.15) is 77.0 Å². The van der Waals surface area contributed by atoms with Crippen LogP contribution in [-0.2, 0) is 4.79 Å². The van der Waals surface area contributed by atoms with Crippen LogP contribution in [0.25, 0.3) is 0 Å². The van der Waals surface area contributed by atoms with E-state index in [0.29, 0.717) is 19.0 Å². The smallest absolute Gasteiger partial charge is 0.325 e. The van der Waals surface area contributed by atoms with E-state index in [4.69, 9.17) is 5.73 Å². The van der Waals surface area contributed by atoms with Crippen LogP contribution in [0.4, 0.5) is 0 Å².